The van der Waals surface area contributed by atoms with Crippen LogP contribution < -0.4 is 15.5 Å². The fourth-order valence-electron chi connectivity index (χ4n) is 2.69. The van der Waals surface area contributed by atoms with E-state index in [9.17, 15) is 9.59 Å². The smallest absolute Gasteiger partial charge is 0.329 e. The molecule has 0 unspecified atom stereocenters. The molecule has 0 bridgehead atoms. The van der Waals surface area contributed by atoms with Crippen molar-refractivity contribution in [1.82, 2.24) is 5.43 Å². The van der Waals surface area contributed by atoms with Gasteiger partial charge >= 0.3 is 11.8 Å². The summed E-state index contributed by atoms with van der Waals surface area (Å²) in [4.78, 5) is 24.0. The highest BCUT2D eigenvalue weighted by atomic mass is 35.5. The summed E-state index contributed by atoms with van der Waals surface area (Å²) in [5.41, 5.74) is 5.85. The SMILES string of the molecule is CC(=NNC(=O)C(=O)Nc1ccc(C)cc1)c1ccc(OCc2c(Cl)cccc2Cl)cc1. The van der Waals surface area contributed by atoms with Gasteiger partial charge in [-0.2, -0.15) is 5.10 Å². The van der Waals surface area contributed by atoms with Gasteiger partial charge in [-0.1, -0.05) is 47.0 Å². The number of hydrazone groups is 1. The van der Waals surface area contributed by atoms with E-state index in [-0.39, 0.29) is 6.61 Å². The minimum Gasteiger partial charge on any atom is -0.489 e. The van der Waals surface area contributed by atoms with Crippen molar-refractivity contribution >= 4 is 46.4 Å². The van der Waals surface area contributed by atoms with Gasteiger partial charge in [-0.15, -0.1) is 0 Å². The van der Waals surface area contributed by atoms with Crippen molar-refractivity contribution < 1.29 is 14.3 Å². The first-order valence-corrected chi connectivity index (χ1v) is 10.5. The lowest BCUT2D eigenvalue weighted by atomic mass is 10.1. The average molecular weight is 470 g/mol. The molecular weight excluding hydrogens is 449 g/mol. The summed E-state index contributed by atoms with van der Waals surface area (Å²) in [5, 5.41) is 7.60. The van der Waals surface area contributed by atoms with Crippen molar-refractivity contribution in [3.05, 3.63) is 93.5 Å². The number of amides is 2. The summed E-state index contributed by atoms with van der Waals surface area (Å²) >= 11 is 12.3. The Morgan fingerprint density at radius 1 is 0.906 bits per heavy atom. The van der Waals surface area contributed by atoms with E-state index in [1.807, 2.05) is 19.1 Å². The fourth-order valence-corrected chi connectivity index (χ4v) is 3.20. The van der Waals surface area contributed by atoms with Gasteiger partial charge in [0.2, 0.25) is 0 Å². The Balaban J connectivity index is 1.55. The second-order valence-corrected chi connectivity index (χ2v) is 7.79. The van der Waals surface area contributed by atoms with Crippen molar-refractivity contribution in [2.45, 2.75) is 20.5 Å². The Morgan fingerprint density at radius 3 is 2.16 bits per heavy atom. The lowest BCUT2D eigenvalue weighted by Gasteiger charge is -2.10. The molecule has 0 aliphatic rings. The average Bonchev–Trinajstić information content (AvgIpc) is 2.78. The van der Waals surface area contributed by atoms with Gasteiger partial charge in [-0.3, -0.25) is 9.59 Å². The first-order chi connectivity index (χ1) is 15.3. The van der Waals surface area contributed by atoms with Crippen LogP contribution >= 0.6 is 23.2 Å². The van der Waals surface area contributed by atoms with Gasteiger partial charge in [-0.05, 0) is 67.9 Å². The van der Waals surface area contributed by atoms with Gasteiger partial charge in [0, 0.05) is 21.3 Å². The van der Waals surface area contributed by atoms with Crippen LogP contribution in [-0.2, 0) is 16.2 Å². The monoisotopic (exact) mass is 469 g/mol. The number of anilines is 1. The highest BCUT2D eigenvalue weighted by molar-refractivity contribution is 6.39. The van der Waals surface area contributed by atoms with Crippen molar-refractivity contribution in [3.63, 3.8) is 0 Å². The minimum absolute atomic E-state index is 0.233. The maximum absolute atomic E-state index is 12.0. The molecule has 0 aromatic heterocycles. The van der Waals surface area contributed by atoms with E-state index in [0.717, 1.165) is 11.1 Å². The van der Waals surface area contributed by atoms with Gasteiger partial charge in [0.1, 0.15) is 12.4 Å². The van der Waals surface area contributed by atoms with E-state index >= 15 is 0 Å². The second kappa shape index (κ2) is 10.8. The minimum atomic E-state index is -0.860. The maximum atomic E-state index is 12.0. The predicted molar refractivity (Wildman–Crippen MR) is 127 cm³/mol. The van der Waals surface area contributed by atoms with E-state index in [0.29, 0.717) is 32.8 Å². The molecular formula is C24H21Cl2N3O3. The summed E-state index contributed by atoms with van der Waals surface area (Å²) < 4.78 is 5.75. The van der Waals surface area contributed by atoms with Crippen LogP contribution in [0.25, 0.3) is 0 Å². The van der Waals surface area contributed by atoms with Gasteiger partial charge < -0.3 is 10.1 Å². The third kappa shape index (κ3) is 6.33. The number of nitrogens with zero attached hydrogens (tertiary/aromatic N) is 1. The quantitative estimate of drug-likeness (QED) is 0.289. The fraction of sp³-hybridized carbons (Fsp3) is 0.125. The molecule has 8 heteroatoms. The molecule has 0 saturated heterocycles. The lowest BCUT2D eigenvalue weighted by molar-refractivity contribution is -0.136. The van der Waals surface area contributed by atoms with E-state index in [2.05, 4.69) is 15.8 Å². The molecule has 32 heavy (non-hydrogen) atoms. The van der Waals surface area contributed by atoms with E-state index in [4.69, 9.17) is 27.9 Å². The second-order valence-electron chi connectivity index (χ2n) is 6.97. The van der Waals surface area contributed by atoms with Gasteiger partial charge in [0.05, 0.1) is 5.71 Å². The largest absolute Gasteiger partial charge is 0.489 e. The summed E-state index contributed by atoms with van der Waals surface area (Å²) in [6.07, 6.45) is 0. The summed E-state index contributed by atoms with van der Waals surface area (Å²) in [6.45, 7) is 3.89. The number of rotatable bonds is 6. The standard InChI is InChI=1S/C24H21Cl2N3O3/c1-15-6-10-18(11-7-15)27-23(30)24(31)29-28-16(2)17-8-12-19(13-9-17)32-14-20-21(25)4-3-5-22(20)26/h3-13H,14H2,1-2H3,(H,27,30)(H,29,31). The van der Waals surface area contributed by atoms with E-state index in [1.54, 1.807) is 61.5 Å². The molecule has 0 heterocycles. The molecule has 0 spiro atoms. The van der Waals surface area contributed by atoms with Gasteiger partial charge in [0.15, 0.2) is 0 Å². The molecule has 6 nitrogen and oxygen atoms in total. The number of hydrogen-bond acceptors (Lipinski definition) is 4. The van der Waals surface area contributed by atoms with E-state index in [1.165, 1.54) is 0 Å². The molecule has 0 saturated carbocycles. The maximum Gasteiger partial charge on any atom is 0.329 e. The van der Waals surface area contributed by atoms with Crippen LogP contribution in [0.5, 0.6) is 5.75 Å². The zero-order chi connectivity index (χ0) is 23.1. The number of hydrogen-bond donors (Lipinski definition) is 2. The predicted octanol–water partition coefficient (Wildman–Crippen LogP) is 5.36. The van der Waals surface area contributed by atoms with Crippen LogP contribution in [-0.4, -0.2) is 17.5 Å². The Kier molecular flexibility index (Phi) is 7.87. The molecule has 0 atom stereocenters. The zero-order valence-electron chi connectivity index (χ0n) is 17.5. The molecule has 2 N–H and O–H groups in total. The summed E-state index contributed by atoms with van der Waals surface area (Å²) in [6, 6.07) is 19.5. The molecule has 0 aliphatic carbocycles. The number of nitrogens with one attached hydrogen (secondary N) is 2. The topological polar surface area (TPSA) is 79.8 Å². The third-order valence-corrected chi connectivity index (χ3v) is 5.27. The molecule has 3 rings (SSSR count). The Morgan fingerprint density at radius 2 is 1.53 bits per heavy atom. The normalized spacial score (nSPS) is 11.1. The Bertz CT molecular complexity index is 1120. The lowest BCUT2D eigenvalue weighted by Crippen LogP contribution is -2.32. The van der Waals surface area contributed by atoms with Gasteiger partial charge in [-0.25, -0.2) is 5.43 Å². The summed E-state index contributed by atoms with van der Waals surface area (Å²) in [5.74, 6) is -1.03. The van der Waals surface area contributed by atoms with Crippen LogP contribution in [0.4, 0.5) is 5.69 Å². The van der Waals surface area contributed by atoms with Crippen LogP contribution in [0.2, 0.25) is 10.0 Å². The molecule has 3 aromatic carbocycles. The van der Waals surface area contributed by atoms with Crippen molar-refractivity contribution in [2.75, 3.05) is 5.32 Å². The molecule has 164 valence electrons. The highest BCUT2D eigenvalue weighted by Crippen LogP contribution is 2.26. The van der Waals surface area contributed by atoms with Crippen LogP contribution in [0.3, 0.4) is 0 Å². The number of carbonyl (C=O) groups excluding carboxylic acids is 2. The molecule has 0 aliphatic heterocycles. The molecule has 3 aromatic rings. The number of carbonyl (C=O) groups is 2. The zero-order valence-corrected chi connectivity index (χ0v) is 19.0. The molecule has 2 amide bonds. The van der Waals surface area contributed by atoms with Crippen LogP contribution in [0, 0.1) is 6.92 Å². The Hall–Kier alpha value is -3.35. The molecule has 0 fully saturated rings. The van der Waals surface area contributed by atoms with E-state index < -0.39 is 11.8 Å². The van der Waals surface area contributed by atoms with Gasteiger partial charge in [0.25, 0.3) is 0 Å². The third-order valence-electron chi connectivity index (χ3n) is 4.56. The van der Waals surface area contributed by atoms with Crippen LogP contribution in [0.1, 0.15) is 23.6 Å². The number of aryl methyl sites for hydroxylation is 1. The summed E-state index contributed by atoms with van der Waals surface area (Å²) in [7, 11) is 0. The Labute approximate surface area is 196 Å². The first-order valence-electron chi connectivity index (χ1n) is 9.72. The van der Waals surface area contributed by atoms with Crippen molar-refractivity contribution in [3.8, 4) is 5.75 Å². The highest BCUT2D eigenvalue weighted by Gasteiger charge is 2.13. The first kappa shape index (κ1) is 23.3. The molecule has 0 radical (unpaired) electrons. The number of benzene rings is 3. The van der Waals surface area contributed by atoms with Crippen LogP contribution in [0.15, 0.2) is 71.8 Å². The van der Waals surface area contributed by atoms with Crippen molar-refractivity contribution in [2.24, 2.45) is 5.10 Å². The van der Waals surface area contributed by atoms with Crippen molar-refractivity contribution in [1.29, 1.82) is 0 Å². The number of ether oxygens (including phenoxy) is 1. The number of halogens is 2.